The Bertz CT molecular complexity index is 463. The van der Waals surface area contributed by atoms with Crippen LogP contribution >= 0.6 is 0 Å². The summed E-state index contributed by atoms with van der Waals surface area (Å²) in [6.07, 6.45) is 3.54. The number of nitrogens with zero attached hydrogens (tertiary/aromatic N) is 2. The molecule has 0 spiro atoms. The lowest BCUT2D eigenvalue weighted by atomic mass is 10.1. The third kappa shape index (κ3) is 2.96. The standard InChI is InChI=1S/C16H23N3O/c20-16(19-9-2-1-3-10-19)14-5-4-6-15(13-14)18-11-7-17-8-12-18/h4-6,13,17H,1-3,7-12H2. The number of carbonyl (C=O) groups is 1. The summed E-state index contributed by atoms with van der Waals surface area (Å²) in [4.78, 5) is 16.9. The SMILES string of the molecule is O=C(c1cccc(N2CCNCC2)c1)N1CCCCC1. The molecule has 0 unspecified atom stereocenters. The van der Waals surface area contributed by atoms with Gasteiger partial charge in [-0.15, -0.1) is 0 Å². The van der Waals surface area contributed by atoms with Gasteiger partial charge in [-0.2, -0.15) is 0 Å². The van der Waals surface area contributed by atoms with Gasteiger partial charge in [0.15, 0.2) is 0 Å². The molecule has 1 amide bonds. The van der Waals surface area contributed by atoms with Crippen LogP contribution in [-0.4, -0.2) is 50.1 Å². The molecule has 2 fully saturated rings. The van der Waals surface area contributed by atoms with E-state index in [-0.39, 0.29) is 5.91 Å². The maximum Gasteiger partial charge on any atom is 0.253 e. The van der Waals surface area contributed by atoms with E-state index in [1.54, 1.807) is 0 Å². The first-order valence-corrected chi connectivity index (χ1v) is 7.69. The number of hydrogen-bond donors (Lipinski definition) is 1. The van der Waals surface area contributed by atoms with Crippen LogP contribution in [0.4, 0.5) is 5.69 Å². The van der Waals surface area contributed by atoms with Crippen LogP contribution in [0, 0.1) is 0 Å². The quantitative estimate of drug-likeness (QED) is 0.891. The molecule has 108 valence electrons. The van der Waals surface area contributed by atoms with Gasteiger partial charge >= 0.3 is 0 Å². The van der Waals surface area contributed by atoms with Crippen molar-refractivity contribution in [2.45, 2.75) is 19.3 Å². The Morgan fingerprint density at radius 2 is 1.75 bits per heavy atom. The van der Waals surface area contributed by atoms with Gasteiger partial charge in [0.25, 0.3) is 5.91 Å². The summed E-state index contributed by atoms with van der Waals surface area (Å²) >= 11 is 0. The van der Waals surface area contributed by atoms with Crippen molar-refractivity contribution in [3.8, 4) is 0 Å². The highest BCUT2D eigenvalue weighted by atomic mass is 16.2. The van der Waals surface area contributed by atoms with Crippen molar-refractivity contribution in [2.24, 2.45) is 0 Å². The molecule has 1 aromatic rings. The fraction of sp³-hybridized carbons (Fsp3) is 0.562. The predicted octanol–water partition coefficient (Wildman–Crippen LogP) is 1.72. The normalized spacial score (nSPS) is 20.0. The lowest BCUT2D eigenvalue weighted by Gasteiger charge is -2.30. The average Bonchev–Trinajstić information content (AvgIpc) is 2.56. The van der Waals surface area contributed by atoms with E-state index in [9.17, 15) is 4.79 Å². The van der Waals surface area contributed by atoms with Crippen LogP contribution in [0.5, 0.6) is 0 Å². The molecular formula is C16H23N3O. The van der Waals surface area contributed by atoms with Gasteiger partial charge in [0.2, 0.25) is 0 Å². The van der Waals surface area contributed by atoms with Gasteiger partial charge in [-0.05, 0) is 37.5 Å². The first-order chi connectivity index (χ1) is 9.84. The molecule has 1 aromatic carbocycles. The molecule has 0 aliphatic carbocycles. The van der Waals surface area contributed by atoms with Crippen LogP contribution in [0.2, 0.25) is 0 Å². The number of nitrogens with one attached hydrogen (secondary N) is 1. The number of rotatable bonds is 2. The monoisotopic (exact) mass is 273 g/mol. The molecule has 2 aliphatic heterocycles. The Morgan fingerprint density at radius 1 is 1.00 bits per heavy atom. The Hall–Kier alpha value is -1.55. The number of piperidine rings is 1. The van der Waals surface area contributed by atoms with Crippen molar-refractivity contribution in [1.82, 2.24) is 10.2 Å². The van der Waals surface area contributed by atoms with Gasteiger partial charge in [0.1, 0.15) is 0 Å². The molecule has 4 heteroatoms. The summed E-state index contributed by atoms with van der Waals surface area (Å²) in [7, 11) is 0. The first-order valence-electron chi connectivity index (χ1n) is 7.69. The summed E-state index contributed by atoms with van der Waals surface area (Å²) in [6, 6.07) is 8.12. The van der Waals surface area contributed by atoms with Gasteiger partial charge in [-0.1, -0.05) is 6.07 Å². The van der Waals surface area contributed by atoms with Crippen LogP contribution in [0.15, 0.2) is 24.3 Å². The van der Waals surface area contributed by atoms with Crippen molar-refractivity contribution in [3.63, 3.8) is 0 Å². The minimum atomic E-state index is 0.196. The largest absolute Gasteiger partial charge is 0.369 e. The highest BCUT2D eigenvalue weighted by Crippen LogP contribution is 2.19. The second-order valence-electron chi connectivity index (χ2n) is 5.64. The van der Waals surface area contributed by atoms with Crippen LogP contribution in [0.25, 0.3) is 0 Å². The lowest BCUT2D eigenvalue weighted by Crippen LogP contribution is -2.43. The van der Waals surface area contributed by atoms with E-state index in [4.69, 9.17) is 0 Å². The third-order valence-electron chi connectivity index (χ3n) is 4.22. The maximum absolute atomic E-state index is 12.5. The zero-order chi connectivity index (χ0) is 13.8. The van der Waals surface area contributed by atoms with Gasteiger partial charge in [0, 0.05) is 50.5 Å². The van der Waals surface area contributed by atoms with Crippen LogP contribution < -0.4 is 10.2 Å². The van der Waals surface area contributed by atoms with E-state index in [0.717, 1.165) is 57.7 Å². The molecule has 0 radical (unpaired) electrons. The van der Waals surface area contributed by atoms with Crippen molar-refractivity contribution in [1.29, 1.82) is 0 Å². The number of amides is 1. The van der Waals surface area contributed by atoms with Crippen molar-refractivity contribution in [2.75, 3.05) is 44.2 Å². The fourth-order valence-corrected chi connectivity index (χ4v) is 3.04. The highest BCUT2D eigenvalue weighted by molar-refractivity contribution is 5.95. The maximum atomic E-state index is 12.5. The van der Waals surface area contributed by atoms with Gasteiger partial charge < -0.3 is 15.1 Å². The van der Waals surface area contributed by atoms with Gasteiger partial charge in [0.05, 0.1) is 0 Å². The van der Waals surface area contributed by atoms with Crippen molar-refractivity contribution in [3.05, 3.63) is 29.8 Å². The number of piperazine rings is 1. The summed E-state index contributed by atoms with van der Waals surface area (Å²) in [6.45, 7) is 5.89. The smallest absolute Gasteiger partial charge is 0.253 e. The summed E-state index contributed by atoms with van der Waals surface area (Å²) in [5.74, 6) is 0.196. The Morgan fingerprint density at radius 3 is 2.50 bits per heavy atom. The number of anilines is 1. The molecule has 2 saturated heterocycles. The second-order valence-corrected chi connectivity index (χ2v) is 5.64. The second kappa shape index (κ2) is 6.27. The molecule has 1 N–H and O–H groups in total. The van der Waals surface area contributed by atoms with E-state index in [2.05, 4.69) is 22.3 Å². The lowest BCUT2D eigenvalue weighted by molar-refractivity contribution is 0.0724. The molecule has 3 rings (SSSR count). The summed E-state index contributed by atoms with van der Waals surface area (Å²) < 4.78 is 0. The number of carbonyl (C=O) groups excluding carboxylic acids is 1. The molecule has 0 saturated carbocycles. The van der Waals surface area contributed by atoms with E-state index in [0.29, 0.717) is 0 Å². The molecular weight excluding hydrogens is 250 g/mol. The molecule has 0 atom stereocenters. The minimum absolute atomic E-state index is 0.196. The Kier molecular flexibility index (Phi) is 4.21. The molecule has 0 bridgehead atoms. The zero-order valence-corrected chi connectivity index (χ0v) is 12.0. The summed E-state index contributed by atoms with van der Waals surface area (Å²) in [5, 5.41) is 3.36. The number of benzene rings is 1. The van der Waals surface area contributed by atoms with Crippen LogP contribution in [-0.2, 0) is 0 Å². The average molecular weight is 273 g/mol. The molecule has 20 heavy (non-hydrogen) atoms. The number of hydrogen-bond acceptors (Lipinski definition) is 3. The Balaban J connectivity index is 1.74. The molecule has 2 aliphatic rings. The highest BCUT2D eigenvalue weighted by Gasteiger charge is 2.19. The third-order valence-corrected chi connectivity index (χ3v) is 4.22. The topological polar surface area (TPSA) is 35.6 Å². The van der Waals surface area contributed by atoms with E-state index < -0.39 is 0 Å². The van der Waals surface area contributed by atoms with Gasteiger partial charge in [-0.3, -0.25) is 4.79 Å². The molecule has 0 aromatic heterocycles. The molecule has 4 nitrogen and oxygen atoms in total. The van der Waals surface area contributed by atoms with E-state index >= 15 is 0 Å². The first kappa shape index (κ1) is 13.4. The predicted molar refractivity (Wildman–Crippen MR) is 81.3 cm³/mol. The summed E-state index contributed by atoms with van der Waals surface area (Å²) in [5.41, 5.74) is 2.01. The zero-order valence-electron chi connectivity index (χ0n) is 12.0. The van der Waals surface area contributed by atoms with Crippen molar-refractivity contribution < 1.29 is 4.79 Å². The van der Waals surface area contributed by atoms with E-state index in [1.165, 1.54) is 12.1 Å². The van der Waals surface area contributed by atoms with E-state index in [1.807, 2.05) is 17.0 Å². The van der Waals surface area contributed by atoms with Gasteiger partial charge in [-0.25, -0.2) is 0 Å². The van der Waals surface area contributed by atoms with Crippen molar-refractivity contribution >= 4 is 11.6 Å². The Labute approximate surface area is 120 Å². The van der Waals surface area contributed by atoms with Crippen LogP contribution in [0.1, 0.15) is 29.6 Å². The van der Waals surface area contributed by atoms with Crippen LogP contribution in [0.3, 0.4) is 0 Å². The number of likely N-dealkylation sites (tertiary alicyclic amines) is 1. The minimum Gasteiger partial charge on any atom is -0.369 e. The molecule has 2 heterocycles. The fourth-order valence-electron chi connectivity index (χ4n) is 3.04.